The minimum atomic E-state index is -0.971. The van der Waals surface area contributed by atoms with Gasteiger partial charge in [-0.3, -0.25) is 14.4 Å². The van der Waals surface area contributed by atoms with E-state index in [-0.39, 0.29) is 17.4 Å². The molecule has 0 heterocycles. The van der Waals surface area contributed by atoms with E-state index in [0.29, 0.717) is 10.7 Å². The first-order valence-corrected chi connectivity index (χ1v) is 7.53. The van der Waals surface area contributed by atoms with Gasteiger partial charge in [-0.25, -0.2) is 0 Å². The van der Waals surface area contributed by atoms with Gasteiger partial charge in [-0.2, -0.15) is 0 Å². The number of primary amides is 1. The van der Waals surface area contributed by atoms with Gasteiger partial charge in [-0.1, -0.05) is 11.6 Å². The molecule has 0 spiro atoms. The van der Waals surface area contributed by atoms with E-state index >= 15 is 0 Å². The minimum Gasteiger partial charge on any atom is -0.452 e. The number of amides is 2. The third kappa shape index (κ3) is 7.01. The van der Waals surface area contributed by atoms with Gasteiger partial charge in [0, 0.05) is 10.7 Å². The van der Waals surface area contributed by atoms with Gasteiger partial charge in [-0.05, 0) is 31.2 Å². The molecule has 0 fully saturated rings. The first-order valence-electron chi connectivity index (χ1n) is 6.00. The van der Waals surface area contributed by atoms with Crippen molar-refractivity contribution < 1.29 is 19.1 Å². The maximum absolute atomic E-state index is 11.6. The van der Waals surface area contributed by atoms with Crippen molar-refractivity contribution in [3.63, 3.8) is 0 Å². The predicted molar refractivity (Wildman–Crippen MR) is 82.2 cm³/mol. The van der Waals surface area contributed by atoms with Crippen LogP contribution in [0.5, 0.6) is 0 Å². The third-order valence-electron chi connectivity index (χ3n) is 2.29. The molecule has 8 heteroatoms. The average molecular weight is 331 g/mol. The SMILES string of the molecule is C[C@H](OC(=O)CSCC(=O)Nc1ccc(Cl)cc1)C(N)=O. The standard InChI is InChI=1S/C13H15ClN2O4S/c1-8(13(15)19)20-12(18)7-21-6-11(17)16-10-4-2-9(14)3-5-10/h2-5,8H,6-7H2,1H3,(H2,15,19)(H,16,17)/t8-/m0/s1. The van der Waals surface area contributed by atoms with E-state index in [1.165, 1.54) is 6.92 Å². The summed E-state index contributed by atoms with van der Waals surface area (Å²) in [6.07, 6.45) is -0.971. The Morgan fingerprint density at radius 2 is 1.90 bits per heavy atom. The fraction of sp³-hybridized carbons (Fsp3) is 0.308. The highest BCUT2D eigenvalue weighted by molar-refractivity contribution is 8.00. The summed E-state index contributed by atoms with van der Waals surface area (Å²) >= 11 is 6.81. The number of nitrogens with one attached hydrogen (secondary N) is 1. The number of esters is 1. The number of carbonyl (C=O) groups excluding carboxylic acids is 3. The number of halogens is 1. The second kappa shape index (κ2) is 8.53. The van der Waals surface area contributed by atoms with Gasteiger partial charge in [0.25, 0.3) is 5.91 Å². The van der Waals surface area contributed by atoms with Crippen LogP contribution in [0.25, 0.3) is 0 Å². The van der Waals surface area contributed by atoms with Crippen molar-refractivity contribution in [3.8, 4) is 0 Å². The van der Waals surface area contributed by atoms with Crippen LogP contribution >= 0.6 is 23.4 Å². The lowest BCUT2D eigenvalue weighted by atomic mass is 10.3. The second-order valence-corrected chi connectivity index (χ2v) is 5.50. The number of nitrogens with two attached hydrogens (primary N) is 1. The largest absolute Gasteiger partial charge is 0.452 e. The Morgan fingerprint density at radius 1 is 1.29 bits per heavy atom. The molecular formula is C13H15ClN2O4S. The highest BCUT2D eigenvalue weighted by atomic mass is 35.5. The number of ether oxygens (including phenoxy) is 1. The Kier molecular flexibility index (Phi) is 7.04. The fourth-order valence-corrected chi connectivity index (χ4v) is 1.97. The molecule has 1 atom stereocenters. The summed E-state index contributed by atoms with van der Waals surface area (Å²) in [4.78, 5) is 33.7. The zero-order valence-electron chi connectivity index (χ0n) is 11.3. The summed E-state index contributed by atoms with van der Waals surface area (Å²) < 4.78 is 4.74. The molecule has 21 heavy (non-hydrogen) atoms. The number of benzene rings is 1. The lowest BCUT2D eigenvalue weighted by molar-refractivity contribution is -0.151. The predicted octanol–water partition coefficient (Wildman–Crippen LogP) is 1.43. The van der Waals surface area contributed by atoms with Crippen LogP contribution in [0, 0.1) is 0 Å². The second-order valence-electron chi connectivity index (χ2n) is 4.08. The molecule has 1 rings (SSSR count). The summed E-state index contributed by atoms with van der Waals surface area (Å²) in [6.45, 7) is 1.39. The van der Waals surface area contributed by atoms with Gasteiger partial charge in [0.1, 0.15) is 0 Å². The summed E-state index contributed by atoms with van der Waals surface area (Å²) in [6, 6.07) is 6.67. The number of thioether (sulfide) groups is 1. The van der Waals surface area contributed by atoms with E-state index in [2.05, 4.69) is 5.32 Å². The molecule has 3 N–H and O–H groups in total. The Labute approximate surface area is 131 Å². The molecule has 0 aliphatic heterocycles. The van der Waals surface area contributed by atoms with Gasteiger partial charge in [-0.15, -0.1) is 11.8 Å². The van der Waals surface area contributed by atoms with Crippen LogP contribution in [-0.2, 0) is 19.1 Å². The van der Waals surface area contributed by atoms with Crippen LogP contribution in [0.2, 0.25) is 5.02 Å². The molecule has 0 aliphatic rings. The maximum Gasteiger partial charge on any atom is 0.316 e. The first kappa shape index (κ1) is 17.3. The monoisotopic (exact) mass is 330 g/mol. The Bertz CT molecular complexity index is 521. The zero-order chi connectivity index (χ0) is 15.8. The van der Waals surface area contributed by atoms with Crippen molar-refractivity contribution in [2.75, 3.05) is 16.8 Å². The zero-order valence-corrected chi connectivity index (χ0v) is 12.9. The Hall–Kier alpha value is -1.73. The molecular weight excluding hydrogens is 316 g/mol. The molecule has 1 aromatic rings. The number of rotatable bonds is 7. The normalized spacial score (nSPS) is 11.5. The van der Waals surface area contributed by atoms with E-state index < -0.39 is 18.0 Å². The van der Waals surface area contributed by atoms with Crippen LogP contribution in [0.1, 0.15) is 6.92 Å². The lowest BCUT2D eigenvalue weighted by Gasteiger charge is -2.09. The first-order chi connectivity index (χ1) is 9.88. The molecule has 0 saturated carbocycles. The van der Waals surface area contributed by atoms with Gasteiger partial charge in [0.15, 0.2) is 6.10 Å². The van der Waals surface area contributed by atoms with Crippen LogP contribution < -0.4 is 11.1 Å². The Morgan fingerprint density at radius 3 is 2.48 bits per heavy atom. The summed E-state index contributed by atoms with van der Waals surface area (Å²) in [5.74, 6) is -1.51. The topological polar surface area (TPSA) is 98.5 Å². The van der Waals surface area contributed by atoms with E-state index in [1.807, 2.05) is 0 Å². The van der Waals surface area contributed by atoms with Crippen LogP contribution in [0.4, 0.5) is 5.69 Å². The maximum atomic E-state index is 11.6. The van der Waals surface area contributed by atoms with Crippen LogP contribution in [0.15, 0.2) is 24.3 Å². The smallest absolute Gasteiger partial charge is 0.316 e. The van der Waals surface area contributed by atoms with Crippen molar-refractivity contribution in [1.29, 1.82) is 0 Å². The summed E-state index contributed by atoms with van der Waals surface area (Å²) in [5, 5.41) is 3.23. The lowest BCUT2D eigenvalue weighted by Crippen LogP contribution is -2.31. The molecule has 6 nitrogen and oxygen atoms in total. The average Bonchev–Trinajstić information content (AvgIpc) is 2.41. The molecule has 0 saturated heterocycles. The van der Waals surface area contributed by atoms with Crippen LogP contribution in [0.3, 0.4) is 0 Å². The molecule has 1 aromatic carbocycles. The van der Waals surface area contributed by atoms with E-state index in [0.717, 1.165) is 11.8 Å². The van der Waals surface area contributed by atoms with Crippen molar-refractivity contribution in [2.24, 2.45) is 5.73 Å². The van der Waals surface area contributed by atoms with Gasteiger partial charge >= 0.3 is 5.97 Å². The summed E-state index contributed by atoms with van der Waals surface area (Å²) in [7, 11) is 0. The van der Waals surface area contributed by atoms with Gasteiger partial charge < -0.3 is 15.8 Å². The van der Waals surface area contributed by atoms with Gasteiger partial charge in [0.2, 0.25) is 5.91 Å². The van der Waals surface area contributed by atoms with Gasteiger partial charge in [0.05, 0.1) is 11.5 Å². The molecule has 114 valence electrons. The molecule has 2 amide bonds. The molecule has 0 aliphatic carbocycles. The highest BCUT2D eigenvalue weighted by Gasteiger charge is 2.14. The van der Waals surface area contributed by atoms with Crippen molar-refractivity contribution in [3.05, 3.63) is 29.3 Å². The Balaban J connectivity index is 2.26. The van der Waals surface area contributed by atoms with Crippen molar-refractivity contribution >= 4 is 46.8 Å². The van der Waals surface area contributed by atoms with E-state index in [9.17, 15) is 14.4 Å². The summed E-state index contributed by atoms with van der Waals surface area (Å²) in [5.41, 5.74) is 5.58. The van der Waals surface area contributed by atoms with Crippen LogP contribution in [-0.4, -0.2) is 35.4 Å². The highest BCUT2D eigenvalue weighted by Crippen LogP contribution is 2.13. The molecule has 0 bridgehead atoms. The molecule has 0 unspecified atom stereocenters. The molecule has 0 radical (unpaired) electrons. The fourth-order valence-electron chi connectivity index (χ4n) is 1.25. The van der Waals surface area contributed by atoms with E-state index in [1.54, 1.807) is 24.3 Å². The van der Waals surface area contributed by atoms with Crippen molar-refractivity contribution in [2.45, 2.75) is 13.0 Å². The quantitative estimate of drug-likeness (QED) is 0.737. The van der Waals surface area contributed by atoms with Crippen molar-refractivity contribution in [1.82, 2.24) is 0 Å². The minimum absolute atomic E-state index is 0.0361. The number of hydrogen-bond acceptors (Lipinski definition) is 5. The number of hydrogen-bond donors (Lipinski definition) is 2. The van der Waals surface area contributed by atoms with E-state index in [4.69, 9.17) is 22.1 Å². The molecule has 0 aromatic heterocycles. The number of carbonyl (C=O) groups is 3. The number of anilines is 1. The third-order valence-corrected chi connectivity index (χ3v) is 3.45.